The van der Waals surface area contributed by atoms with Gasteiger partial charge in [-0.1, -0.05) is 6.07 Å². The molecule has 0 bridgehead atoms. The van der Waals surface area contributed by atoms with Crippen molar-refractivity contribution in [3.8, 4) is 0 Å². The molecule has 0 saturated carbocycles. The number of rotatable bonds is 4. The average Bonchev–Trinajstić information content (AvgIpc) is 2.39. The number of aromatic nitrogens is 1. The van der Waals surface area contributed by atoms with Gasteiger partial charge in [0.15, 0.2) is 0 Å². The van der Waals surface area contributed by atoms with Crippen molar-refractivity contribution < 1.29 is 4.39 Å². The number of nitrogens with two attached hydrogens (primary N) is 1. The Morgan fingerprint density at radius 3 is 2.53 bits per heavy atom. The summed E-state index contributed by atoms with van der Waals surface area (Å²) in [5.41, 5.74) is 8.21. The molecular formula is C15H18FN3. The Hall–Kier alpha value is -1.94. The van der Waals surface area contributed by atoms with Crippen molar-refractivity contribution >= 4 is 5.69 Å². The second kappa shape index (κ2) is 5.80. The first-order valence-electron chi connectivity index (χ1n) is 6.23. The molecule has 0 radical (unpaired) electrons. The summed E-state index contributed by atoms with van der Waals surface area (Å²) in [7, 11) is 1.87. The van der Waals surface area contributed by atoms with Crippen molar-refractivity contribution in [2.75, 3.05) is 11.9 Å². The predicted molar refractivity (Wildman–Crippen MR) is 75.3 cm³/mol. The van der Waals surface area contributed by atoms with Crippen molar-refractivity contribution in [1.29, 1.82) is 0 Å². The first-order valence-corrected chi connectivity index (χ1v) is 6.23. The molecule has 1 atom stereocenters. The van der Waals surface area contributed by atoms with Crippen molar-refractivity contribution in [1.82, 2.24) is 4.98 Å². The molecule has 1 aromatic carbocycles. The monoisotopic (exact) mass is 259 g/mol. The molecule has 100 valence electrons. The molecule has 0 aliphatic heterocycles. The van der Waals surface area contributed by atoms with E-state index in [2.05, 4.69) is 4.98 Å². The Morgan fingerprint density at radius 1 is 1.26 bits per heavy atom. The highest BCUT2D eigenvalue weighted by molar-refractivity contribution is 5.49. The van der Waals surface area contributed by atoms with Crippen molar-refractivity contribution in [3.63, 3.8) is 0 Å². The van der Waals surface area contributed by atoms with Gasteiger partial charge in [0.25, 0.3) is 0 Å². The summed E-state index contributed by atoms with van der Waals surface area (Å²) >= 11 is 0. The Morgan fingerprint density at radius 2 is 1.95 bits per heavy atom. The molecule has 1 aromatic heterocycles. The third kappa shape index (κ3) is 3.29. The number of benzene rings is 1. The molecule has 0 fully saturated rings. The minimum atomic E-state index is -0.244. The van der Waals surface area contributed by atoms with Gasteiger partial charge in [0.1, 0.15) is 5.82 Å². The standard InChI is InChI=1S/C15H18FN3/c1-11(17)13-3-4-15(14(16)9-13)19(2)10-12-5-7-18-8-6-12/h3-9,11H,10,17H2,1-2H3/t11-/m0/s1. The average molecular weight is 259 g/mol. The highest BCUT2D eigenvalue weighted by Gasteiger charge is 2.10. The number of hydrogen-bond acceptors (Lipinski definition) is 3. The van der Waals surface area contributed by atoms with Crippen LogP contribution in [0, 0.1) is 5.82 Å². The van der Waals surface area contributed by atoms with Gasteiger partial charge < -0.3 is 10.6 Å². The van der Waals surface area contributed by atoms with Crippen LogP contribution in [0.2, 0.25) is 0 Å². The van der Waals surface area contributed by atoms with Gasteiger partial charge in [-0.15, -0.1) is 0 Å². The van der Waals surface area contributed by atoms with Gasteiger partial charge in [-0.3, -0.25) is 4.98 Å². The fourth-order valence-electron chi connectivity index (χ4n) is 1.96. The lowest BCUT2D eigenvalue weighted by Gasteiger charge is -2.21. The summed E-state index contributed by atoms with van der Waals surface area (Å²) in [6.07, 6.45) is 3.47. The van der Waals surface area contributed by atoms with E-state index >= 15 is 0 Å². The number of hydrogen-bond donors (Lipinski definition) is 1. The Bertz CT molecular complexity index is 540. The van der Waals surface area contributed by atoms with E-state index in [0.717, 1.165) is 11.1 Å². The Labute approximate surface area is 112 Å². The first kappa shape index (κ1) is 13.5. The molecule has 0 saturated heterocycles. The van der Waals surface area contributed by atoms with Crippen LogP contribution in [0.5, 0.6) is 0 Å². The molecule has 0 unspecified atom stereocenters. The van der Waals surface area contributed by atoms with Gasteiger partial charge in [0.2, 0.25) is 0 Å². The topological polar surface area (TPSA) is 42.1 Å². The smallest absolute Gasteiger partial charge is 0.146 e. The molecule has 4 heteroatoms. The highest BCUT2D eigenvalue weighted by atomic mass is 19.1. The van der Waals surface area contributed by atoms with Crippen LogP contribution in [0.3, 0.4) is 0 Å². The maximum absolute atomic E-state index is 14.1. The summed E-state index contributed by atoms with van der Waals surface area (Å²) < 4.78 is 14.1. The van der Waals surface area contributed by atoms with E-state index in [-0.39, 0.29) is 11.9 Å². The van der Waals surface area contributed by atoms with Crippen LogP contribution < -0.4 is 10.6 Å². The molecule has 0 aliphatic rings. The molecule has 2 N–H and O–H groups in total. The molecule has 3 nitrogen and oxygen atoms in total. The number of anilines is 1. The number of nitrogens with zero attached hydrogens (tertiary/aromatic N) is 2. The number of pyridine rings is 1. The van der Waals surface area contributed by atoms with Crippen LogP contribution in [0.25, 0.3) is 0 Å². The summed E-state index contributed by atoms with van der Waals surface area (Å²) in [5.74, 6) is -0.244. The minimum absolute atomic E-state index is 0.158. The molecule has 19 heavy (non-hydrogen) atoms. The quantitative estimate of drug-likeness (QED) is 0.918. The van der Waals surface area contributed by atoms with E-state index in [4.69, 9.17) is 5.73 Å². The molecule has 2 rings (SSSR count). The van der Waals surface area contributed by atoms with E-state index in [1.54, 1.807) is 18.5 Å². The lowest BCUT2D eigenvalue weighted by molar-refractivity contribution is 0.617. The van der Waals surface area contributed by atoms with Crippen LogP contribution >= 0.6 is 0 Å². The van der Waals surface area contributed by atoms with Gasteiger partial charge in [0.05, 0.1) is 5.69 Å². The fourth-order valence-corrected chi connectivity index (χ4v) is 1.96. The predicted octanol–water partition coefficient (Wildman–Crippen LogP) is 2.88. The first-order chi connectivity index (χ1) is 9.08. The summed E-state index contributed by atoms with van der Waals surface area (Å²) in [6, 6.07) is 8.83. The maximum Gasteiger partial charge on any atom is 0.146 e. The van der Waals surface area contributed by atoms with Crippen LogP contribution in [-0.2, 0) is 6.54 Å². The summed E-state index contributed by atoms with van der Waals surface area (Å²) in [4.78, 5) is 5.84. The number of halogens is 1. The van der Waals surface area contributed by atoms with E-state index in [1.807, 2.05) is 37.1 Å². The van der Waals surface area contributed by atoms with E-state index in [0.29, 0.717) is 12.2 Å². The summed E-state index contributed by atoms with van der Waals surface area (Å²) in [5, 5.41) is 0. The summed E-state index contributed by atoms with van der Waals surface area (Å²) in [6.45, 7) is 2.48. The second-order valence-electron chi connectivity index (χ2n) is 4.71. The molecule has 0 spiro atoms. The SMILES string of the molecule is C[C@H](N)c1ccc(N(C)Cc2ccncc2)c(F)c1. The van der Waals surface area contributed by atoms with Crippen LogP contribution in [0.1, 0.15) is 24.1 Å². The largest absolute Gasteiger partial charge is 0.368 e. The van der Waals surface area contributed by atoms with Gasteiger partial charge in [-0.25, -0.2) is 4.39 Å². The molecule has 1 heterocycles. The van der Waals surface area contributed by atoms with Crippen molar-refractivity contribution in [2.24, 2.45) is 5.73 Å². The van der Waals surface area contributed by atoms with E-state index in [1.165, 1.54) is 6.07 Å². The minimum Gasteiger partial charge on any atom is -0.368 e. The highest BCUT2D eigenvalue weighted by Crippen LogP contribution is 2.23. The lowest BCUT2D eigenvalue weighted by atomic mass is 10.1. The zero-order valence-corrected chi connectivity index (χ0v) is 11.2. The molecule has 0 aliphatic carbocycles. The molecule has 0 amide bonds. The van der Waals surface area contributed by atoms with Crippen molar-refractivity contribution in [2.45, 2.75) is 19.5 Å². The Balaban J connectivity index is 2.17. The zero-order chi connectivity index (χ0) is 13.8. The third-order valence-electron chi connectivity index (χ3n) is 3.08. The van der Waals surface area contributed by atoms with Gasteiger partial charge in [-0.2, -0.15) is 0 Å². The van der Waals surface area contributed by atoms with Gasteiger partial charge in [0, 0.05) is 32.0 Å². The third-order valence-corrected chi connectivity index (χ3v) is 3.08. The molecule has 2 aromatic rings. The second-order valence-corrected chi connectivity index (χ2v) is 4.71. The van der Waals surface area contributed by atoms with Crippen LogP contribution in [0.15, 0.2) is 42.7 Å². The Kier molecular flexibility index (Phi) is 4.12. The lowest BCUT2D eigenvalue weighted by Crippen LogP contribution is -2.18. The van der Waals surface area contributed by atoms with Crippen LogP contribution in [-0.4, -0.2) is 12.0 Å². The fraction of sp³-hybridized carbons (Fsp3) is 0.267. The van der Waals surface area contributed by atoms with Gasteiger partial charge in [-0.05, 0) is 42.3 Å². The maximum atomic E-state index is 14.1. The van der Waals surface area contributed by atoms with Crippen molar-refractivity contribution in [3.05, 3.63) is 59.7 Å². The molecular weight excluding hydrogens is 241 g/mol. The zero-order valence-electron chi connectivity index (χ0n) is 11.2. The van der Waals surface area contributed by atoms with E-state index < -0.39 is 0 Å². The normalized spacial score (nSPS) is 12.2. The van der Waals surface area contributed by atoms with E-state index in [9.17, 15) is 4.39 Å². The van der Waals surface area contributed by atoms with Gasteiger partial charge >= 0.3 is 0 Å². The van der Waals surface area contributed by atoms with Crippen LogP contribution in [0.4, 0.5) is 10.1 Å².